The minimum absolute atomic E-state index is 0.679. The third-order valence-corrected chi connectivity index (χ3v) is 6.04. The van der Waals surface area contributed by atoms with Gasteiger partial charge in [-0.25, -0.2) is 0 Å². The van der Waals surface area contributed by atoms with Gasteiger partial charge < -0.3 is 0 Å². The minimum Gasteiger partial charge on any atom is -0.282 e. The molecule has 0 saturated heterocycles. The average Bonchev–Trinajstić information content (AvgIpc) is 2.69. The molecule has 0 saturated carbocycles. The quantitative estimate of drug-likeness (QED) is 0.395. The lowest BCUT2D eigenvalue weighted by molar-refractivity contribution is 0.452. The van der Waals surface area contributed by atoms with Crippen LogP contribution < -0.4 is 0 Å². The Balaban J connectivity index is 0.000000240. The molecule has 3 aromatic rings. The van der Waals surface area contributed by atoms with Gasteiger partial charge in [-0.1, -0.05) is 62.4 Å². The van der Waals surface area contributed by atoms with Crippen LogP contribution in [0.2, 0.25) is 0 Å². The number of thioether (sulfide) groups is 1. The topological polar surface area (TPSA) is 12.4 Å². The van der Waals surface area contributed by atoms with Crippen LogP contribution in [0, 0.1) is 5.92 Å². The van der Waals surface area contributed by atoms with E-state index < -0.39 is 0 Å². The first-order chi connectivity index (χ1) is 12.7. The molecule has 2 atom stereocenters. The minimum atomic E-state index is 0.679. The summed E-state index contributed by atoms with van der Waals surface area (Å²) in [6.07, 6.45) is 6.31. The zero-order valence-electron chi connectivity index (χ0n) is 15.5. The van der Waals surface area contributed by atoms with Crippen molar-refractivity contribution >= 4 is 39.5 Å². The molecular weight excluding hydrogens is 334 g/mol. The predicted molar refractivity (Wildman–Crippen MR) is 117 cm³/mol. The molecule has 5 rings (SSSR count). The molecule has 0 bridgehead atoms. The van der Waals surface area contributed by atoms with E-state index in [0.717, 1.165) is 11.8 Å². The van der Waals surface area contributed by atoms with Crippen LogP contribution in [0.1, 0.15) is 37.3 Å². The van der Waals surface area contributed by atoms with Crippen LogP contribution in [-0.4, -0.2) is 12.1 Å². The summed E-state index contributed by atoms with van der Waals surface area (Å²) >= 11 is 1.72. The highest BCUT2D eigenvalue weighted by molar-refractivity contribution is 8.02. The number of aliphatic imine (C=N–C) groups is 1. The maximum absolute atomic E-state index is 3.93. The van der Waals surface area contributed by atoms with Crippen molar-refractivity contribution in [2.45, 2.75) is 32.6 Å². The summed E-state index contributed by atoms with van der Waals surface area (Å²) in [5, 5.41) is 7.66. The number of hydrogen-bond acceptors (Lipinski definition) is 2. The molecule has 2 aliphatic rings. The lowest BCUT2D eigenvalue weighted by Crippen LogP contribution is -2.15. The van der Waals surface area contributed by atoms with E-state index in [1.165, 1.54) is 34.4 Å². The molecule has 2 heteroatoms. The average molecular weight is 360 g/mol. The van der Waals surface area contributed by atoms with Gasteiger partial charge in [-0.2, -0.15) is 0 Å². The second-order valence-corrected chi connectivity index (χ2v) is 8.29. The fourth-order valence-corrected chi connectivity index (χ4v) is 4.82. The monoisotopic (exact) mass is 359 g/mol. The van der Waals surface area contributed by atoms with E-state index in [-0.39, 0.29) is 0 Å². The van der Waals surface area contributed by atoms with Gasteiger partial charge in [0, 0.05) is 6.21 Å². The summed E-state index contributed by atoms with van der Waals surface area (Å²) < 4.78 is 0. The molecule has 0 spiro atoms. The molecule has 0 fully saturated rings. The van der Waals surface area contributed by atoms with E-state index in [1.54, 1.807) is 22.9 Å². The predicted octanol–water partition coefficient (Wildman–Crippen LogP) is 6.95. The molecule has 1 aliphatic carbocycles. The van der Waals surface area contributed by atoms with Gasteiger partial charge >= 0.3 is 0 Å². The second-order valence-electron chi connectivity index (χ2n) is 7.42. The molecule has 0 amide bonds. The SMILES string of the molecule is C1=CSCN=C1.CC1Cc2ccc3c(ccc4ccccc43)c2C(C)C1. The van der Waals surface area contributed by atoms with Crippen LogP contribution in [0.15, 0.2) is 65.0 Å². The smallest absolute Gasteiger partial charge is 0.0884 e. The zero-order valence-corrected chi connectivity index (χ0v) is 16.3. The molecule has 1 aliphatic heterocycles. The Labute approximate surface area is 160 Å². The maximum Gasteiger partial charge on any atom is 0.0884 e. The highest BCUT2D eigenvalue weighted by Crippen LogP contribution is 2.40. The van der Waals surface area contributed by atoms with Crippen molar-refractivity contribution in [1.29, 1.82) is 0 Å². The van der Waals surface area contributed by atoms with Gasteiger partial charge in [0.1, 0.15) is 0 Å². The van der Waals surface area contributed by atoms with Gasteiger partial charge in [0.05, 0.1) is 5.88 Å². The van der Waals surface area contributed by atoms with Crippen molar-refractivity contribution in [3.8, 4) is 0 Å². The molecule has 3 aromatic carbocycles. The third-order valence-electron chi connectivity index (χ3n) is 5.39. The molecule has 132 valence electrons. The van der Waals surface area contributed by atoms with E-state index in [1.807, 2.05) is 17.7 Å². The Bertz CT molecular complexity index is 974. The Morgan fingerprint density at radius 3 is 2.50 bits per heavy atom. The van der Waals surface area contributed by atoms with Gasteiger partial charge in [-0.15, -0.1) is 11.8 Å². The summed E-state index contributed by atoms with van der Waals surface area (Å²) in [4.78, 5) is 3.93. The molecule has 0 aromatic heterocycles. The number of rotatable bonds is 0. The van der Waals surface area contributed by atoms with Gasteiger partial charge in [0.2, 0.25) is 0 Å². The van der Waals surface area contributed by atoms with E-state index in [2.05, 4.69) is 67.4 Å². The largest absolute Gasteiger partial charge is 0.282 e. The lowest BCUT2D eigenvalue weighted by atomic mass is 9.76. The summed E-state index contributed by atoms with van der Waals surface area (Å²) in [5.41, 5.74) is 3.17. The molecule has 2 unspecified atom stereocenters. The van der Waals surface area contributed by atoms with Crippen molar-refractivity contribution in [3.05, 3.63) is 71.1 Å². The van der Waals surface area contributed by atoms with Crippen molar-refractivity contribution < 1.29 is 0 Å². The van der Waals surface area contributed by atoms with Crippen molar-refractivity contribution in [3.63, 3.8) is 0 Å². The van der Waals surface area contributed by atoms with E-state index >= 15 is 0 Å². The molecule has 0 N–H and O–H groups in total. The van der Waals surface area contributed by atoms with Crippen LogP contribution >= 0.6 is 11.8 Å². The summed E-state index contributed by atoms with van der Waals surface area (Å²) in [5.74, 6) is 2.39. The zero-order chi connectivity index (χ0) is 17.9. The summed E-state index contributed by atoms with van der Waals surface area (Å²) in [6, 6.07) is 18.0. The van der Waals surface area contributed by atoms with Crippen molar-refractivity contribution in [1.82, 2.24) is 0 Å². The maximum atomic E-state index is 3.93. The van der Waals surface area contributed by atoms with Crippen molar-refractivity contribution in [2.24, 2.45) is 10.9 Å². The summed E-state index contributed by atoms with van der Waals surface area (Å²) in [7, 11) is 0. The first-order valence-corrected chi connectivity index (χ1v) is 10.5. The lowest BCUT2D eigenvalue weighted by Gasteiger charge is -2.29. The molecule has 1 heterocycles. The fourth-order valence-electron chi connectivity index (χ4n) is 4.38. The van der Waals surface area contributed by atoms with Crippen molar-refractivity contribution in [2.75, 3.05) is 5.88 Å². The van der Waals surface area contributed by atoms with Crippen LogP contribution in [0.3, 0.4) is 0 Å². The molecule has 0 radical (unpaired) electrons. The standard InChI is InChI=1S/C20H20.C4H5NS/c1-13-11-14(2)20-16(12-13)8-9-18-17-6-4-3-5-15(17)7-10-19(18)20;1-2-5-4-6-3-1/h3-10,13-14H,11-12H2,1-2H3;1-3H,4H2. The normalized spacial score (nSPS) is 21.3. The number of nitrogens with zero attached hydrogens (tertiary/aromatic N) is 1. The molecular formula is C24H25NS. The van der Waals surface area contributed by atoms with Gasteiger partial charge in [0.25, 0.3) is 0 Å². The highest BCUT2D eigenvalue weighted by atomic mass is 32.2. The van der Waals surface area contributed by atoms with Gasteiger partial charge in [0.15, 0.2) is 0 Å². The number of hydrogen-bond donors (Lipinski definition) is 0. The second kappa shape index (κ2) is 7.67. The molecule has 1 nitrogen and oxygen atoms in total. The number of allylic oxidation sites excluding steroid dienone is 1. The van der Waals surface area contributed by atoms with Crippen LogP contribution in [0.25, 0.3) is 21.5 Å². The number of benzene rings is 3. The Morgan fingerprint density at radius 1 is 0.923 bits per heavy atom. The first kappa shape index (κ1) is 17.4. The van der Waals surface area contributed by atoms with Gasteiger partial charge in [-0.3, -0.25) is 4.99 Å². The van der Waals surface area contributed by atoms with Crippen LogP contribution in [-0.2, 0) is 6.42 Å². The number of fused-ring (bicyclic) bond motifs is 5. The Hall–Kier alpha value is -2.06. The van der Waals surface area contributed by atoms with E-state index in [9.17, 15) is 0 Å². The highest BCUT2D eigenvalue weighted by Gasteiger charge is 2.23. The Morgan fingerprint density at radius 2 is 1.77 bits per heavy atom. The summed E-state index contributed by atoms with van der Waals surface area (Å²) in [6.45, 7) is 4.77. The van der Waals surface area contributed by atoms with Gasteiger partial charge in [-0.05, 0) is 68.8 Å². The Kier molecular flexibility index (Phi) is 5.12. The van der Waals surface area contributed by atoms with E-state index in [4.69, 9.17) is 0 Å². The van der Waals surface area contributed by atoms with E-state index in [0.29, 0.717) is 5.92 Å². The molecule has 26 heavy (non-hydrogen) atoms. The third kappa shape index (κ3) is 3.43. The van der Waals surface area contributed by atoms with Crippen LogP contribution in [0.4, 0.5) is 0 Å². The fraction of sp³-hybridized carbons (Fsp3) is 0.292. The van der Waals surface area contributed by atoms with Crippen LogP contribution in [0.5, 0.6) is 0 Å². The first-order valence-electron chi connectivity index (χ1n) is 9.44.